The number of anilines is 1. The molecule has 0 unspecified atom stereocenters. The van der Waals surface area contributed by atoms with E-state index in [4.69, 9.17) is 16.3 Å². The van der Waals surface area contributed by atoms with Crippen molar-refractivity contribution in [2.75, 3.05) is 17.7 Å². The Morgan fingerprint density at radius 1 is 1.07 bits per heavy atom. The van der Waals surface area contributed by atoms with E-state index in [1.807, 2.05) is 18.2 Å². The number of rotatable bonds is 7. The van der Waals surface area contributed by atoms with Crippen LogP contribution in [0.4, 0.5) is 5.69 Å². The number of aromatic nitrogens is 2. The number of esters is 1. The molecular weight excluding hydrogens is 422 g/mol. The van der Waals surface area contributed by atoms with E-state index in [-0.39, 0.29) is 23.8 Å². The number of aryl methyl sites for hydroxylation is 1. The highest BCUT2D eigenvalue weighted by Gasteiger charge is 2.21. The molecule has 1 heterocycles. The summed E-state index contributed by atoms with van der Waals surface area (Å²) in [6.45, 7) is 3.69. The molecule has 2 aromatic carbocycles. The summed E-state index contributed by atoms with van der Waals surface area (Å²) in [7, 11) is 0. The lowest BCUT2D eigenvalue weighted by atomic mass is 10.2. The van der Waals surface area contributed by atoms with Gasteiger partial charge in [-0.3, -0.25) is 4.79 Å². The minimum Gasteiger partial charge on any atom is -0.462 e. The second kappa shape index (κ2) is 10.2. The number of carbonyl (C=O) groups excluding carboxylic acids is 2. The van der Waals surface area contributed by atoms with Crippen molar-refractivity contribution in [3.63, 3.8) is 0 Å². The van der Waals surface area contributed by atoms with Crippen molar-refractivity contribution in [3.05, 3.63) is 70.9 Å². The van der Waals surface area contributed by atoms with Crippen LogP contribution < -0.4 is 5.32 Å². The number of para-hydroxylation sites is 1. The van der Waals surface area contributed by atoms with Gasteiger partial charge in [0.25, 0.3) is 0 Å². The summed E-state index contributed by atoms with van der Waals surface area (Å²) in [6.07, 6.45) is 0. The highest BCUT2D eigenvalue weighted by atomic mass is 35.5. The molecule has 6 nitrogen and oxygen atoms in total. The summed E-state index contributed by atoms with van der Waals surface area (Å²) in [5, 5.41) is 3.82. The molecule has 1 aromatic heterocycles. The van der Waals surface area contributed by atoms with Gasteiger partial charge in [0.05, 0.1) is 18.1 Å². The Balaban J connectivity index is 1.87. The quantitative estimate of drug-likeness (QED) is 0.315. The monoisotopic (exact) mass is 441 g/mol. The molecule has 3 aromatic rings. The minimum absolute atomic E-state index is 0.0812. The Morgan fingerprint density at radius 3 is 2.43 bits per heavy atom. The van der Waals surface area contributed by atoms with Gasteiger partial charge in [-0.15, -0.1) is 0 Å². The van der Waals surface area contributed by atoms with E-state index in [1.165, 1.54) is 0 Å². The maximum atomic E-state index is 12.5. The zero-order valence-corrected chi connectivity index (χ0v) is 18.1. The summed E-state index contributed by atoms with van der Waals surface area (Å²) in [6, 6.07) is 16.3. The molecule has 0 saturated heterocycles. The number of hydrogen-bond donors (Lipinski definition) is 1. The van der Waals surface area contributed by atoms with E-state index >= 15 is 0 Å². The predicted octanol–water partition coefficient (Wildman–Crippen LogP) is 5.01. The first-order chi connectivity index (χ1) is 14.5. The lowest BCUT2D eigenvalue weighted by Gasteiger charge is -2.12. The van der Waals surface area contributed by atoms with Gasteiger partial charge in [0.15, 0.2) is 5.82 Å². The summed E-state index contributed by atoms with van der Waals surface area (Å²) >= 11 is 7.13. The molecule has 0 aliphatic carbocycles. The van der Waals surface area contributed by atoms with E-state index in [0.717, 1.165) is 17.3 Å². The van der Waals surface area contributed by atoms with Gasteiger partial charge in [0.1, 0.15) is 10.6 Å². The number of nitrogens with one attached hydrogen (secondary N) is 1. The van der Waals surface area contributed by atoms with E-state index in [1.54, 1.807) is 50.2 Å². The van der Waals surface area contributed by atoms with Crippen molar-refractivity contribution in [2.45, 2.75) is 18.9 Å². The van der Waals surface area contributed by atoms with E-state index in [9.17, 15) is 9.59 Å². The molecule has 0 spiro atoms. The van der Waals surface area contributed by atoms with Crippen LogP contribution in [0.25, 0.3) is 11.4 Å². The van der Waals surface area contributed by atoms with Crippen LogP contribution >= 0.6 is 23.4 Å². The number of nitrogens with zero attached hydrogens (tertiary/aromatic N) is 2. The van der Waals surface area contributed by atoms with Crippen LogP contribution in [0.5, 0.6) is 0 Å². The van der Waals surface area contributed by atoms with Crippen LogP contribution in [-0.2, 0) is 9.53 Å². The summed E-state index contributed by atoms with van der Waals surface area (Å²) in [5.41, 5.74) is 2.22. The van der Waals surface area contributed by atoms with Crippen molar-refractivity contribution in [1.29, 1.82) is 0 Å². The highest BCUT2D eigenvalue weighted by molar-refractivity contribution is 8.00. The van der Waals surface area contributed by atoms with Crippen molar-refractivity contribution < 1.29 is 14.3 Å². The van der Waals surface area contributed by atoms with Gasteiger partial charge in [-0.25, -0.2) is 14.8 Å². The fraction of sp³-hybridized carbons (Fsp3) is 0.182. The minimum atomic E-state index is -0.511. The van der Waals surface area contributed by atoms with Crippen LogP contribution in [0.1, 0.15) is 23.0 Å². The molecule has 0 bridgehead atoms. The second-order valence-corrected chi connectivity index (χ2v) is 7.64. The molecule has 0 radical (unpaired) electrons. The maximum Gasteiger partial charge on any atom is 0.342 e. The Bertz CT molecular complexity index is 1040. The molecule has 0 aliphatic heterocycles. The zero-order valence-electron chi connectivity index (χ0n) is 16.5. The summed E-state index contributed by atoms with van der Waals surface area (Å²) < 4.78 is 5.16. The molecule has 154 valence electrons. The molecule has 30 heavy (non-hydrogen) atoms. The van der Waals surface area contributed by atoms with Gasteiger partial charge < -0.3 is 10.1 Å². The first-order valence-corrected chi connectivity index (χ1v) is 10.6. The van der Waals surface area contributed by atoms with Crippen molar-refractivity contribution in [2.24, 2.45) is 0 Å². The number of benzene rings is 2. The standard InChI is InChI=1S/C22H20ClN3O3S/c1-3-29-22(28)19-14(2)24-20(15-9-11-16(23)12-10-15)26-21(19)30-13-18(27)25-17-7-5-4-6-8-17/h4-12H,3,13H2,1-2H3,(H,25,27). The van der Waals surface area contributed by atoms with Gasteiger partial charge in [-0.2, -0.15) is 0 Å². The van der Waals surface area contributed by atoms with Crippen molar-refractivity contribution in [3.8, 4) is 11.4 Å². The third kappa shape index (κ3) is 5.58. The summed E-state index contributed by atoms with van der Waals surface area (Å²) in [5.74, 6) is -0.185. The first-order valence-electron chi connectivity index (χ1n) is 9.27. The average Bonchev–Trinajstić information content (AvgIpc) is 2.73. The molecule has 1 amide bonds. The van der Waals surface area contributed by atoms with Crippen LogP contribution in [0.2, 0.25) is 5.02 Å². The first kappa shape index (κ1) is 21.8. The van der Waals surface area contributed by atoms with Crippen LogP contribution in [0.15, 0.2) is 59.6 Å². The zero-order chi connectivity index (χ0) is 21.5. The molecular formula is C22H20ClN3O3S. The number of amides is 1. The third-order valence-electron chi connectivity index (χ3n) is 4.04. The molecule has 8 heteroatoms. The topological polar surface area (TPSA) is 81.2 Å². The van der Waals surface area contributed by atoms with Gasteiger partial charge in [0.2, 0.25) is 5.91 Å². The molecule has 1 N–H and O–H groups in total. The van der Waals surface area contributed by atoms with Gasteiger partial charge >= 0.3 is 5.97 Å². The third-order valence-corrected chi connectivity index (χ3v) is 5.26. The van der Waals surface area contributed by atoms with Gasteiger partial charge in [0, 0.05) is 16.3 Å². The molecule has 3 rings (SSSR count). The molecule has 0 fully saturated rings. The number of carbonyl (C=O) groups is 2. The smallest absolute Gasteiger partial charge is 0.342 e. The van der Waals surface area contributed by atoms with Gasteiger partial charge in [-0.05, 0) is 50.2 Å². The number of ether oxygens (including phenoxy) is 1. The fourth-order valence-electron chi connectivity index (χ4n) is 2.67. The SMILES string of the molecule is CCOC(=O)c1c(C)nc(-c2ccc(Cl)cc2)nc1SCC(=O)Nc1ccccc1. The molecule has 0 saturated carbocycles. The van der Waals surface area contributed by atoms with E-state index < -0.39 is 5.97 Å². The Kier molecular flexibility index (Phi) is 7.43. The second-order valence-electron chi connectivity index (χ2n) is 6.24. The largest absolute Gasteiger partial charge is 0.462 e. The Hall–Kier alpha value is -2.90. The number of halogens is 1. The lowest BCUT2D eigenvalue weighted by molar-refractivity contribution is -0.113. The van der Waals surface area contributed by atoms with E-state index in [2.05, 4.69) is 15.3 Å². The van der Waals surface area contributed by atoms with E-state index in [0.29, 0.717) is 27.3 Å². The normalized spacial score (nSPS) is 10.5. The number of thioether (sulfide) groups is 1. The molecule has 0 aliphatic rings. The van der Waals surface area contributed by atoms with Crippen LogP contribution in [-0.4, -0.2) is 34.2 Å². The Labute approximate surface area is 184 Å². The predicted molar refractivity (Wildman–Crippen MR) is 119 cm³/mol. The Morgan fingerprint density at radius 2 is 1.77 bits per heavy atom. The fourth-order valence-corrected chi connectivity index (χ4v) is 3.66. The summed E-state index contributed by atoms with van der Waals surface area (Å²) in [4.78, 5) is 33.9. The molecule has 0 atom stereocenters. The van der Waals surface area contributed by atoms with Gasteiger partial charge in [-0.1, -0.05) is 41.6 Å². The maximum absolute atomic E-state index is 12.5. The average molecular weight is 442 g/mol. The van der Waals surface area contributed by atoms with Crippen molar-refractivity contribution in [1.82, 2.24) is 9.97 Å². The van der Waals surface area contributed by atoms with Crippen LogP contribution in [0.3, 0.4) is 0 Å². The highest BCUT2D eigenvalue weighted by Crippen LogP contribution is 2.28. The van der Waals surface area contributed by atoms with Crippen LogP contribution in [0, 0.1) is 6.92 Å². The van der Waals surface area contributed by atoms with Crippen molar-refractivity contribution >= 4 is 40.9 Å². The lowest BCUT2D eigenvalue weighted by Crippen LogP contribution is -2.16. The number of hydrogen-bond acceptors (Lipinski definition) is 6.